The monoisotopic (exact) mass is 323 g/mol. The molecule has 0 fully saturated rings. The molecule has 0 saturated carbocycles. The Hall–Kier alpha value is -3.00. The van der Waals surface area contributed by atoms with E-state index in [4.69, 9.17) is 10.00 Å². The van der Waals surface area contributed by atoms with Crippen LogP contribution < -0.4 is 15.4 Å². The van der Waals surface area contributed by atoms with E-state index in [1.807, 2.05) is 38.1 Å². The molecule has 2 N–H and O–H groups in total. The zero-order valence-corrected chi connectivity index (χ0v) is 13.9. The average Bonchev–Trinajstić information content (AvgIpc) is 2.57. The van der Waals surface area contributed by atoms with Gasteiger partial charge in [-0.05, 0) is 55.7 Å². The van der Waals surface area contributed by atoms with Gasteiger partial charge in [0.15, 0.2) is 0 Å². The van der Waals surface area contributed by atoms with Gasteiger partial charge < -0.3 is 15.4 Å². The predicted molar refractivity (Wildman–Crippen MR) is 94.2 cm³/mol. The van der Waals surface area contributed by atoms with Crippen molar-refractivity contribution >= 4 is 11.7 Å². The van der Waals surface area contributed by atoms with E-state index in [-0.39, 0.29) is 6.03 Å². The van der Waals surface area contributed by atoms with Crippen LogP contribution in [0.3, 0.4) is 0 Å². The quantitative estimate of drug-likeness (QED) is 0.795. The number of nitrogens with zero attached hydrogens (tertiary/aromatic N) is 1. The van der Waals surface area contributed by atoms with Crippen molar-refractivity contribution in [3.8, 4) is 11.8 Å². The summed E-state index contributed by atoms with van der Waals surface area (Å²) in [6.07, 6.45) is 0.717. The first kappa shape index (κ1) is 17.4. The lowest BCUT2D eigenvalue weighted by atomic mass is 10.1. The summed E-state index contributed by atoms with van der Waals surface area (Å²) in [5.41, 5.74) is 3.44. The van der Waals surface area contributed by atoms with E-state index in [1.165, 1.54) is 0 Å². The summed E-state index contributed by atoms with van der Waals surface area (Å²) < 4.78 is 5.79. The smallest absolute Gasteiger partial charge is 0.319 e. The summed E-state index contributed by atoms with van der Waals surface area (Å²) in [6.45, 7) is 5.10. The molecule has 2 aromatic rings. The van der Waals surface area contributed by atoms with Crippen LogP contribution in [0.4, 0.5) is 10.5 Å². The summed E-state index contributed by atoms with van der Waals surface area (Å²) in [4.78, 5) is 11.8. The van der Waals surface area contributed by atoms with Gasteiger partial charge in [-0.2, -0.15) is 5.26 Å². The number of nitrogens with one attached hydrogen (secondary N) is 2. The second kappa shape index (κ2) is 8.59. The van der Waals surface area contributed by atoms with E-state index in [2.05, 4.69) is 10.6 Å². The number of benzene rings is 2. The van der Waals surface area contributed by atoms with E-state index in [1.54, 1.807) is 24.3 Å². The van der Waals surface area contributed by atoms with Crippen molar-refractivity contribution in [1.82, 2.24) is 5.32 Å². The standard InChI is InChI=1S/C19H21N3O2/c1-14-5-3-6-15(2)18(14)24-12-4-11-21-19(23)22-17-9-7-16(13-20)8-10-17/h3,5-10H,4,11-12H2,1-2H3,(H2,21,22,23). The van der Waals surface area contributed by atoms with Crippen LogP contribution in [-0.2, 0) is 0 Å². The van der Waals surface area contributed by atoms with Gasteiger partial charge in [-0.1, -0.05) is 18.2 Å². The maximum absolute atomic E-state index is 11.8. The van der Waals surface area contributed by atoms with Crippen molar-refractivity contribution in [2.24, 2.45) is 0 Å². The third-order valence-electron chi connectivity index (χ3n) is 3.53. The third-order valence-corrected chi connectivity index (χ3v) is 3.53. The van der Waals surface area contributed by atoms with Gasteiger partial charge in [0.05, 0.1) is 18.2 Å². The number of rotatable bonds is 6. The van der Waals surface area contributed by atoms with Gasteiger partial charge in [0.2, 0.25) is 0 Å². The molecule has 0 unspecified atom stereocenters. The van der Waals surface area contributed by atoms with Crippen molar-refractivity contribution in [3.05, 3.63) is 59.2 Å². The lowest BCUT2D eigenvalue weighted by Crippen LogP contribution is -2.30. The molecular formula is C19H21N3O2. The van der Waals surface area contributed by atoms with Gasteiger partial charge in [0.1, 0.15) is 5.75 Å². The number of anilines is 1. The molecule has 5 nitrogen and oxygen atoms in total. The molecule has 2 aromatic carbocycles. The number of ether oxygens (including phenoxy) is 1. The fourth-order valence-electron chi connectivity index (χ4n) is 2.28. The summed E-state index contributed by atoms with van der Waals surface area (Å²) in [5.74, 6) is 0.916. The van der Waals surface area contributed by atoms with Gasteiger partial charge in [-0.15, -0.1) is 0 Å². The first-order valence-electron chi connectivity index (χ1n) is 7.84. The molecule has 0 bridgehead atoms. The van der Waals surface area contributed by atoms with Crippen LogP contribution in [0.15, 0.2) is 42.5 Å². The van der Waals surface area contributed by atoms with Crippen molar-refractivity contribution in [2.45, 2.75) is 20.3 Å². The van der Waals surface area contributed by atoms with Crippen LogP contribution in [0.1, 0.15) is 23.1 Å². The number of carbonyl (C=O) groups excluding carboxylic acids is 1. The first-order valence-corrected chi connectivity index (χ1v) is 7.84. The lowest BCUT2D eigenvalue weighted by Gasteiger charge is -2.12. The molecule has 2 rings (SSSR count). The number of para-hydroxylation sites is 1. The molecule has 5 heteroatoms. The molecule has 0 saturated heterocycles. The number of aryl methyl sites for hydroxylation is 2. The van der Waals surface area contributed by atoms with Crippen LogP contribution in [0.5, 0.6) is 5.75 Å². The van der Waals surface area contributed by atoms with Crippen molar-refractivity contribution < 1.29 is 9.53 Å². The largest absolute Gasteiger partial charge is 0.493 e. The second-order valence-corrected chi connectivity index (χ2v) is 5.49. The molecule has 0 spiro atoms. The number of carbonyl (C=O) groups is 1. The lowest BCUT2D eigenvalue weighted by molar-refractivity contribution is 0.250. The molecule has 0 aliphatic carbocycles. The summed E-state index contributed by atoms with van der Waals surface area (Å²) in [6, 6.07) is 14.5. The summed E-state index contributed by atoms with van der Waals surface area (Å²) in [7, 11) is 0. The highest BCUT2D eigenvalue weighted by Crippen LogP contribution is 2.22. The maximum Gasteiger partial charge on any atom is 0.319 e. The number of urea groups is 1. The average molecular weight is 323 g/mol. The molecule has 124 valence electrons. The minimum absolute atomic E-state index is 0.272. The fourth-order valence-corrected chi connectivity index (χ4v) is 2.28. The van der Waals surface area contributed by atoms with Crippen LogP contribution in [0, 0.1) is 25.2 Å². The zero-order valence-electron chi connectivity index (χ0n) is 13.9. The third kappa shape index (κ3) is 5.03. The van der Waals surface area contributed by atoms with Crippen molar-refractivity contribution in [3.63, 3.8) is 0 Å². The Bertz CT molecular complexity index is 713. The van der Waals surface area contributed by atoms with Crippen LogP contribution in [-0.4, -0.2) is 19.2 Å². The zero-order chi connectivity index (χ0) is 17.4. The Morgan fingerprint density at radius 2 is 1.79 bits per heavy atom. The molecule has 0 radical (unpaired) electrons. The van der Waals surface area contributed by atoms with E-state index in [9.17, 15) is 4.79 Å². The summed E-state index contributed by atoms with van der Waals surface area (Å²) in [5, 5.41) is 14.2. The molecule has 0 aliphatic heterocycles. The highest BCUT2D eigenvalue weighted by atomic mass is 16.5. The number of hydrogen-bond acceptors (Lipinski definition) is 3. The van der Waals surface area contributed by atoms with Gasteiger partial charge in [-0.25, -0.2) is 4.79 Å². The van der Waals surface area contributed by atoms with E-state index < -0.39 is 0 Å². The minimum atomic E-state index is -0.272. The molecule has 0 aromatic heterocycles. The van der Waals surface area contributed by atoms with E-state index in [0.29, 0.717) is 30.8 Å². The first-order chi connectivity index (χ1) is 11.6. The number of hydrogen-bond donors (Lipinski definition) is 2. The minimum Gasteiger partial charge on any atom is -0.493 e. The highest BCUT2D eigenvalue weighted by molar-refractivity contribution is 5.89. The van der Waals surface area contributed by atoms with Crippen LogP contribution >= 0.6 is 0 Å². The Labute approximate surface area is 142 Å². The molecular weight excluding hydrogens is 302 g/mol. The van der Waals surface area contributed by atoms with Gasteiger partial charge >= 0.3 is 6.03 Å². The molecule has 24 heavy (non-hydrogen) atoms. The second-order valence-electron chi connectivity index (χ2n) is 5.49. The molecule has 0 heterocycles. The van der Waals surface area contributed by atoms with E-state index >= 15 is 0 Å². The normalized spacial score (nSPS) is 9.88. The van der Waals surface area contributed by atoms with Crippen LogP contribution in [0.2, 0.25) is 0 Å². The van der Waals surface area contributed by atoms with Crippen molar-refractivity contribution in [1.29, 1.82) is 5.26 Å². The van der Waals surface area contributed by atoms with Gasteiger partial charge in [-0.3, -0.25) is 0 Å². The van der Waals surface area contributed by atoms with E-state index in [0.717, 1.165) is 16.9 Å². The highest BCUT2D eigenvalue weighted by Gasteiger charge is 2.04. The predicted octanol–water partition coefficient (Wildman–Crippen LogP) is 3.77. The molecule has 0 aliphatic rings. The fraction of sp³-hybridized carbons (Fsp3) is 0.263. The topological polar surface area (TPSA) is 74.2 Å². The van der Waals surface area contributed by atoms with Crippen LogP contribution in [0.25, 0.3) is 0 Å². The summed E-state index contributed by atoms with van der Waals surface area (Å²) >= 11 is 0. The Morgan fingerprint density at radius 3 is 2.42 bits per heavy atom. The maximum atomic E-state index is 11.8. The van der Waals surface area contributed by atoms with Gasteiger partial charge in [0, 0.05) is 12.2 Å². The molecule has 0 atom stereocenters. The SMILES string of the molecule is Cc1cccc(C)c1OCCCNC(=O)Nc1ccc(C#N)cc1. The number of nitriles is 1. The number of amides is 2. The molecule has 2 amide bonds. The Morgan fingerprint density at radius 1 is 1.12 bits per heavy atom. The van der Waals surface area contributed by atoms with Gasteiger partial charge in [0.25, 0.3) is 0 Å². The Kier molecular flexibility index (Phi) is 6.21. The van der Waals surface area contributed by atoms with Crippen molar-refractivity contribution in [2.75, 3.05) is 18.5 Å². The Balaban J connectivity index is 1.68.